The molecule has 0 aromatic heterocycles. The zero-order chi connectivity index (χ0) is 34.9. The lowest BCUT2D eigenvalue weighted by Crippen LogP contribution is -2.68. The van der Waals surface area contributed by atoms with E-state index in [0.29, 0.717) is 37.7 Å². The average Bonchev–Trinajstić information content (AvgIpc) is 3.73. The van der Waals surface area contributed by atoms with E-state index >= 15 is 0 Å². The van der Waals surface area contributed by atoms with Crippen molar-refractivity contribution in [1.29, 1.82) is 0 Å². The molecule has 50 heavy (non-hydrogen) atoms. The number of carbonyl (C=O) groups excluding carboxylic acids is 2. The number of aliphatic hydroxyl groups excluding tert-OH is 1. The molecule has 2 bridgehead atoms. The molecule has 7 nitrogen and oxygen atoms in total. The summed E-state index contributed by atoms with van der Waals surface area (Å²) in [5.41, 5.74) is -0.315. The molecule has 8 aliphatic rings. The van der Waals surface area contributed by atoms with Crippen LogP contribution in [0.25, 0.3) is 0 Å². The molecule has 1 saturated heterocycles. The van der Waals surface area contributed by atoms with Crippen LogP contribution in [0.4, 0.5) is 4.79 Å². The Morgan fingerprint density at radius 1 is 0.920 bits per heavy atom. The number of hydrogen-bond acceptors (Lipinski definition) is 5. The van der Waals surface area contributed by atoms with Crippen molar-refractivity contribution in [2.24, 2.45) is 39.4 Å². The van der Waals surface area contributed by atoms with Crippen LogP contribution in [0.3, 0.4) is 0 Å². The Hall–Kier alpha value is -2.48. The molecule has 1 aromatic rings. The van der Waals surface area contributed by atoms with Gasteiger partial charge in [-0.2, -0.15) is 0 Å². The van der Waals surface area contributed by atoms with E-state index in [0.717, 1.165) is 81.8 Å². The van der Waals surface area contributed by atoms with Gasteiger partial charge >= 0.3 is 6.03 Å². The molecule has 4 saturated carbocycles. The van der Waals surface area contributed by atoms with Crippen LogP contribution >= 0.6 is 0 Å². The van der Waals surface area contributed by atoms with Crippen molar-refractivity contribution in [3.8, 4) is 0 Å². The number of nitrogens with one attached hydrogen (secondary N) is 1. The van der Waals surface area contributed by atoms with Gasteiger partial charge in [0, 0.05) is 40.9 Å². The summed E-state index contributed by atoms with van der Waals surface area (Å²) in [5, 5.41) is 27.4. The maximum Gasteiger partial charge on any atom is 0.318 e. The van der Waals surface area contributed by atoms with E-state index in [-0.39, 0.29) is 53.5 Å². The van der Waals surface area contributed by atoms with Gasteiger partial charge in [-0.1, -0.05) is 81.7 Å². The highest BCUT2D eigenvalue weighted by atomic mass is 16.5. The van der Waals surface area contributed by atoms with Crippen LogP contribution in [-0.2, 0) is 9.53 Å². The fourth-order valence-electron chi connectivity index (χ4n) is 12.9. The highest BCUT2D eigenvalue weighted by molar-refractivity contribution is 6.00. The summed E-state index contributed by atoms with van der Waals surface area (Å²) in [5.74, 6) is 0.791. The zero-order valence-corrected chi connectivity index (χ0v) is 30.7. The van der Waals surface area contributed by atoms with Crippen LogP contribution in [0.15, 0.2) is 54.1 Å². The first-order chi connectivity index (χ1) is 23.9. The predicted octanol–water partition coefficient (Wildman–Crippen LogP) is 7.68. The van der Waals surface area contributed by atoms with Crippen molar-refractivity contribution in [2.45, 2.75) is 135 Å². The van der Waals surface area contributed by atoms with Gasteiger partial charge in [0.05, 0.1) is 30.4 Å². The smallest absolute Gasteiger partial charge is 0.318 e. The van der Waals surface area contributed by atoms with Crippen LogP contribution in [0.5, 0.6) is 0 Å². The van der Waals surface area contributed by atoms with Crippen molar-refractivity contribution in [1.82, 2.24) is 10.2 Å². The van der Waals surface area contributed by atoms with E-state index in [1.165, 1.54) is 6.42 Å². The van der Waals surface area contributed by atoms with Gasteiger partial charge in [-0.05, 0) is 100 Å². The van der Waals surface area contributed by atoms with E-state index in [4.69, 9.17) is 4.74 Å². The number of Topliss-reactive ketones (excluding diaryl/α,β-unsaturated/α-hetero) is 1. The van der Waals surface area contributed by atoms with E-state index in [1.54, 1.807) is 0 Å². The number of fused-ring (bicyclic) bond motifs is 1. The largest absolute Gasteiger partial charge is 0.393 e. The van der Waals surface area contributed by atoms with Crippen molar-refractivity contribution in [3.05, 3.63) is 59.7 Å². The SMILES string of the molecule is CC(NC(=O)N(CC1CCCO1)CC1(O)CCC2C34C=CC5(C=C3C(=O)C3CCCCC3)CC(O)CCC5(C)C4CCC21C)c1ccccc1. The van der Waals surface area contributed by atoms with Gasteiger partial charge in [0.1, 0.15) is 0 Å². The number of benzene rings is 1. The molecule has 7 heteroatoms. The Kier molecular flexibility index (Phi) is 8.71. The van der Waals surface area contributed by atoms with Crippen molar-refractivity contribution in [2.75, 3.05) is 19.7 Å². The molecule has 1 aliphatic heterocycles. The van der Waals surface area contributed by atoms with E-state index in [2.05, 4.69) is 37.4 Å². The van der Waals surface area contributed by atoms with Gasteiger partial charge < -0.3 is 25.2 Å². The van der Waals surface area contributed by atoms with E-state index in [9.17, 15) is 19.8 Å². The number of ketones is 1. The number of allylic oxidation sites excluding steroid dienone is 4. The molecule has 1 heterocycles. The molecule has 1 aromatic carbocycles. The summed E-state index contributed by atoms with van der Waals surface area (Å²) in [6.07, 6.45) is 19.8. The van der Waals surface area contributed by atoms with Crippen LogP contribution in [-0.4, -0.2) is 64.4 Å². The zero-order valence-electron chi connectivity index (χ0n) is 30.7. The minimum Gasteiger partial charge on any atom is -0.393 e. The second-order valence-electron chi connectivity index (χ2n) is 18.1. The standard InChI is InChI=1S/C43H60N2O5/c1-29(30-11-6-4-7-12-30)44-38(48)45(27-33-15-10-24-50-33)28-42(49)21-18-36-40(42,3)20-17-35-39(2)19-16-32(46)25-41(39)22-23-43(35,36)34(26-41)37(47)31-13-8-5-9-14-31/h4,6-7,11-12,22-23,26,29,31-33,35-36,46,49H,5,8-10,13-21,24-25,27-28H2,1-3H3,(H,44,48). The van der Waals surface area contributed by atoms with Gasteiger partial charge in [-0.25, -0.2) is 4.79 Å². The molecule has 3 N–H and O–H groups in total. The number of ether oxygens (including phenoxy) is 1. The highest BCUT2D eigenvalue weighted by Gasteiger charge is 2.74. The third kappa shape index (κ3) is 5.14. The second kappa shape index (κ2) is 12.6. The number of carbonyl (C=O) groups is 2. The van der Waals surface area contributed by atoms with Crippen LogP contribution in [0, 0.1) is 39.4 Å². The summed E-state index contributed by atoms with van der Waals surface area (Å²) < 4.78 is 6.05. The minimum absolute atomic E-state index is 0.0345. The van der Waals surface area contributed by atoms with Gasteiger partial charge in [-0.15, -0.1) is 0 Å². The monoisotopic (exact) mass is 684 g/mol. The Morgan fingerprint density at radius 3 is 2.38 bits per heavy atom. The Labute approximate surface area is 299 Å². The van der Waals surface area contributed by atoms with Crippen LogP contribution < -0.4 is 5.32 Å². The van der Waals surface area contributed by atoms with Crippen molar-refractivity contribution in [3.63, 3.8) is 0 Å². The van der Waals surface area contributed by atoms with Gasteiger partial charge in [0.25, 0.3) is 0 Å². The summed E-state index contributed by atoms with van der Waals surface area (Å²) in [4.78, 5) is 30.9. The summed E-state index contributed by atoms with van der Waals surface area (Å²) in [6, 6.07) is 9.71. The maximum atomic E-state index is 14.9. The first-order valence-corrected chi connectivity index (χ1v) is 20.1. The van der Waals surface area contributed by atoms with Gasteiger partial charge in [0.2, 0.25) is 0 Å². The van der Waals surface area contributed by atoms with E-state index in [1.807, 2.05) is 42.2 Å². The maximum absolute atomic E-state index is 14.9. The molecule has 272 valence electrons. The molecule has 7 aliphatic carbocycles. The molecular formula is C43H60N2O5. The molecule has 2 spiro atoms. The Morgan fingerprint density at radius 2 is 1.64 bits per heavy atom. The number of hydrogen-bond donors (Lipinski definition) is 3. The summed E-state index contributed by atoms with van der Waals surface area (Å²) >= 11 is 0. The molecule has 0 radical (unpaired) electrons. The lowest BCUT2D eigenvalue weighted by atomic mass is 9.32. The van der Waals surface area contributed by atoms with Crippen molar-refractivity contribution >= 4 is 11.8 Å². The first-order valence-electron chi connectivity index (χ1n) is 20.1. The first kappa shape index (κ1) is 34.6. The number of aliphatic hydroxyl groups is 2. The number of amides is 2. The van der Waals surface area contributed by atoms with Gasteiger partial charge in [0.15, 0.2) is 5.78 Å². The third-order valence-electron chi connectivity index (χ3n) is 15.8. The van der Waals surface area contributed by atoms with Crippen LogP contribution in [0.2, 0.25) is 0 Å². The topological polar surface area (TPSA) is 99.1 Å². The lowest BCUT2D eigenvalue weighted by molar-refractivity contribution is -0.178. The molecule has 10 atom stereocenters. The number of nitrogens with zero attached hydrogens (tertiary/aromatic N) is 1. The summed E-state index contributed by atoms with van der Waals surface area (Å²) in [6.45, 7) is 8.16. The fraction of sp³-hybridized carbons (Fsp3) is 0.721. The molecule has 5 fully saturated rings. The molecule has 10 unspecified atom stereocenters. The summed E-state index contributed by atoms with van der Waals surface area (Å²) in [7, 11) is 0. The Balaban J connectivity index is 1.14. The minimum atomic E-state index is -1.11. The van der Waals surface area contributed by atoms with Crippen LogP contribution in [0.1, 0.15) is 122 Å². The molecule has 9 rings (SSSR count). The number of rotatable bonds is 8. The predicted molar refractivity (Wildman–Crippen MR) is 194 cm³/mol. The quantitative estimate of drug-likeness (QED) is 0.244. The number of urea groups is 1. The average molecular weight is 685 g/mol. The molecule has 2 amide bonds. The fourth-order valence-corrected chi connectivity index (χ4v) is 12.9. The normalized spacial score (nSPS) is 42.6. The van der Waals surface area contributed by atoms with Gasteiger partial charge in [-0.3, -0.25) is 4.79 Å². The third-order valence-corrected chi connectivity index (χ3v) is 15.8. The second-order valence-corrected chi connectivity index (χ2v) is 18.1. The Bertz CT molecular complexity index is 1530. The van der Waals surface area contributed by atoms with Crippen molar-refractivity contribution < 1.29 is 24.5 Å². The highest BCUT2D eigenvalue weighted by Crippen LogP contribution is 2.78. The van der Waals surface area contributed by atoms with E-state index < -0.39 is 16.4 Å². The molecular weight excluding hydrogens is 624 g/mol. The lowest BCUT2D eigenvalue weighted by Gasteiger charge is -2.71.